The van der Waals surface area contributed by atoms with Gasteiger partial charge in [-0.2, -0.15) is 15.7 Å². The van der Waals surface area contributed by atoms with Crippen molar-refractivity contribution in [1.82, 2.24) is 10.1 Å². The molecule has 0 N–H and O–H groups in total. The molecule has 30 heavy (non-hydrogen) atoms. The average Bonchev–Trinajstić information content (AvgIpc) is 3.48. The molecule has 2 aromatic rings. The van der Waals surface area contributed by atoms with Gasteiger partial charge in [-0.3, -0.25) is 9.59 Å². The Balaban J connectivity index is 1.62. The predicted octanol–water partition coefficient (Wildman–Crippen LogP) is 3.13. The number of carbonyl (C=O) groups is 2. The lowest BCUT2D eigenvalue weighted by molar-refractivity contribution is -0.132. The number of hydrogen-bond donors (Lipinski definition) is 0. The molecule has 7 heteroatoms. The van der Waals surface area contributed by atoms with Gasteiger partial charge in [0.2, 0.25) is 5.91 Å². The Labute approximate surface area is 178 Å². The number of amides is 1. The Hall–Kier alpha value is -2.72. The molecule has 2 fully saturated rings. The molecule has 0 bridgehead atoms. The molecule has 0 spiro atoms. The van der Waals surface area contributed by atoms with Crippen LogP contribution in [0.25, 0.3) is 0 Å². The molecule has 2 saturated heterocycles. The molecule has 4 rings (SSSR count). The maximum Gasteiger partial charge on any atom is 0.227 e. The zero-order valence-electron chi connectivity index (χ0n) is 17.0. The van der Waals surface area contributed by atoms with Gasteiger partial charge in [-0.25, -0.2) is 0 Å². The normalized spacial score (nSPS) is 21.7. The Morgan fingerprint density at radius 2 is 2.03 bits per heavy atom. The Morgan fingerprint density at radius 3 is 2.67 bits per heavy atom. The summed E-state index contributed by atoms with van der Waals surface area (Å²) >= 11 is 0. The smallest absolute Gasteiger partial charge is 0.227 e. The molecule has 0 unspecified atom stereocenters. The first-order valence-electron chi connectivity index (χ1n) is 10.3. The fourth-order valence-electron chi connectivity index (χ4n) is 4.33. The number of likely N-dealkylation sites (tertiary alicyclic amines) is 1. The van der Waals surface area contributed by atoms with Crippen molar-refractivity contribution in [2.24, 2.45) is 11.8 Å². The van der Waals surface area contributed by atoms with Gasteiger partial charge in [0.15, 0.2) is 11.5 Å². The van der Waals surface area contributed by atoms with E-state index in [1.54, 1.807) is 11.0 Å². The van der Waals surface area contributed by atoms with E-state index in [2.05, 4.69) is 11.2 Å². The summed E-state index contributed by atoms with van der Waals surface area (Å²) in [4.78, 5) is 28.8. The van der Waals surface area contributed by atoms with Crippen LogP contribution in [0.2, 0.25) is 0 Å². The largest absolute Gasteiger partial charge is 0.359 e. The zero-order chi connectivity index (χ0) is 21.1. The van der Waals surface area contributed by atoms with E-state index in [-0.39, 0.29) is 22.2 Å². The molecule has 1 aromatic heterocycles. The number of nitrogens with zero attached hydrogens (tertiary/aromatic N) is 3. The first-order chi connectivity index (χ1) is 14.6. The van der Waals surface area contributed by atoms with E-state index in [4.69, 9.17) is 4.52 Å². The van der Waals surface area contributed by atoms with Gasteiger partial charge in [-0.05, 0) is 43.3 Å². The number of aromatic nitrogens is 1. The molecule has 2 atom stereocenters. The number of nitriles is 1. The predicted molar refractivity (Wildman–Crippen MR) is 116 cm³/mol. The molecule has 2 aliphatic heterocycles. The van der Waals surface area contributed by atoms with Gasteiger partial charge in [0.1, 0.15) is 10.9 Å². The van der Waals surface area contributed by atoms with E-state index in [9.17, 15) is 14.9 Å². The molecule has 156 valence electrons. The average molecular weight is 424 g/mol. The van der Waals surface area contributed by atoms with E-state index in [1.165, 1.54) is 0 Å². The first kappa shape index (κ1) is 20.5. The molecule has 1 aromatic carbocycles. The fraction of sp³-hybridized carbons (Fsp3) is 0.435. The summed E-state index contributed by atoms with van der Waals surface area (Å²) in [7, 11) is -0.262. The Kier molecular flexibility index (Phi) is 6.14. The topological polar surface area (TPSA) is 87.2 Å². The summed E-state index contributed by atoms with van der Waals surface area (Å²) in [5.74, 6) is 1.29. The summed E-state index contributed by atoms with van der Waals surface area (Å²) in [6.45, 7) is 2.44. The Morgan fingerprint density at radius 1 is 1.30 bits per heavy atom. The minimum Gasteiger partial charge on any atom is -0.359 e. The molecule has 0 saturated carbocycles. The van der Waals surface area contributed by atoms with Crippen molar-refractivity contribution in [3.63, 3.8) is 0 Å². The second-order valence-electron chi connectivity index (χ2n) is 7.97. The highest BCUT2D eigenvalue weighted by Gasteiger charge is 2.45. The van der Waals surface area contributed by atoms with Crippen molar-refractivity contribution in [3.05, 3.63) is 53.4 Å². The minimum atomic E-state index is -0.496. The van der Waals surface area contributed by atoms with Crippen molar-refractivity contribution in [3.8, 4) is 6.07 Å². The standard InChI is InChI=1S/C23H25N3O3S/c1-16-11-18(29-25-16)14-26-15-20(22(27)21(13-24)30-9-5-6-10-30)19(23(26)28)12-17-7-3-2-4-8-17/h2-4,7-8,11,19-20H,5-6,9-10,12,14-15H2,1H3/t19-,20+/m1/s1. The van der Waals surface area contributed by atoms with Crippen molar-refractivity contribution < 1.29 is 14.1 Å². The third-order valence-corrected chi connectivity index (χ3v) is 8.27. The number of hydrogen-bond acceptors (Lipinski definition) is 5. The summed E-state index contributed by atoms with van der Waals surface area (Å²) in [5.41, 5.74) is 1.78. The molecular formula is C23H25N3O3S. The van der Waals surface area contributed by atoms with Crippen LogP contribution >= 0.6 is 10.5 Å². The second kappa shape index (κ2) is 8.97. The van der Waals surface area contributed by atoms with Gasteiger partial charge in [-0.15, -0.1) is 0 Å². The van der Waals surface area contributed by atoms with Crippen LogP contribution in [-0.2, 0) is 22.6 Å². The minimum absolute atomic E-state index is 0.0571. The van der Waals surface area contributed by atoms with Gasteiger partial charge in [0, 0.05) is 12.6 Å². The number of ketones is 1. The number of benzene rings is 1. The van der Waals surface area contributed by atoms with Crippen molar-refractivity contribution in [1.29, 1.82) is 5.26 Å². The first-order valence-corrected chi connectivity index (χ1v) is 11.9. The van der Waals surface area contributed by atoms with E-state index < -0.39 is 11.8 Å². The molecule has 1 amide bonds. The molecule has 2 aliphatic rings. The van der Waals surface area contributed by atoms with Crippen LogP contribution in [0.4, 0.5) is 0 Å². The lowest BCUT2D eigenvalue weighted by atomic mass is 9.85. The summed E-state index contributed by atoms with van der Waals surface area (Å²) in [6.07, 6.45) is 2.62. The molecule has 0 aliphatic carbocycles. The zero-order valence-corrected chi connectivity index (χ0v) is 17.9. The van der Waals surface area contributed by atoms with E-state index >= 15 is 0 Å². The monoisotopic (exact) mass is 423 g/mol. The van der Waals surface area contributed by atoms with Crippen LogP contribution in [0.15, 0.2) is 40.9 Å². The maximum atomic E-state index is 13.4. The van der Waals surface area contributed by atoms with Gasteiger partial charge in [-0.1, -0.05) is 35.5 Å². The highest BCUT2D eigenvalue weighted by atomic mass is 32.2. The summed E-state index contributed by atoms with van der Waals surface area (Å²) in [6, 6.07) is 13.8. The molecule has 3 heterocycles. The van der Waals surface area contributed by atoms with Crippen LogP contribution in [0, 0.1) is 30.1 Å². The van der Waals surface area contributed by atoms with Crippen LogP contribution < -0.4 is 0 Å². The van der Waals surface area contributed by atoms with Gasteiger partial charge in [0.05, 0.1) is 24.1 Å². The quantitative estimate of drug-likeness (QED) is 0.666. The molecular weight excluding hydrogens is 398 g/mol. The number of aryl methyl sites for hydroxylation is 1. The van der Waals surface area contributed by atoms with Crippen molar-refractivity contribution in [2.75, 3.05) is 18.1 Å². The third-order valence-electron chi connectivity index (χ3n) is 5.84. The van der Waals surface area contributed by atoms with Gasteiger partial charge >= 0.3 is 0 Å². The van der Waals surface area contributed by atoms with E-state index in [1.807, 2.05) is 37.3 Å². The fourth-order valence-corrected chi connectivity index (χ4v) is 6.62. The number of rotatable bonds is 6. The lowest BCUT2D eigenvalue weighted by Gasteiger charge is -2.16. The summed E-state index contributed by atoms with van der Waals surface area (Å²) < 4.78 is 5.29. The highest BCUT2D eigenvalue weighted by molar-refractivity contribution is 8.17. The van der Waals surface area contributed by atoms with Crippen LogP contribution in [0.3, 0.4) is 0 Å². The van der Waals surface area contributed by atoms with Crippen molar-refractivity contribution >= 4 is 27.0 Å². The number of carbonyl (C=O) groups excluding carboxylic acids is 2. The lowest BCUT2D eigenvalue weighted by Crippen LogP contribution is -2.31. The van der Waals surface area contributed by atoms with E-state index in [0.29, 0.717) is 30.1 Å². The number of Topliss-reactive ketones (excluding diaryl/α,β-unsaturated/α-hetero) is 1. The SMILES string of the molecule is Cc1cc(CN2C[C@H](C(=O)C(C#N)=S3CCCC3)[C@@H](Cc3ccccc3)C2=O)on1. The second-order valence-corrected chi connectivity index (χ2v) is 10.2. The maximum absolute atomic E-state index is 13.4. The van der Waals surface area contributed by atoms with Crippen LogP contribution in [-0.4, -0.2) is 44.7 Å². The molecule has 6 nitrogen and oxygen atoms in total. The van der Waals surface area contributed by atoms with Crippen LogP contribution in [0.5, 0.6) is 0 Å². The van der Waals surface area contributed by atoms with Gasteiger partial charge < -0.3 is 9.42 Å². The Bertz CT molecular complexity index is 1010. The van der Waals surface area contributed by atoms with Crippen LogP contribution in [0.1, 0.15) is 29.9 Å². The van der Waals surface area contributed by atoms with E-state index in [0.717, 1.165) is 35.6 Å². The van der Waals surface area contributed by atoms with Gasteiger partial charge in [0.25, 0.3) is 0 Å². The summed E-state index contributed by atoms with van der Waals surface area (Å²) in [5, 5.41) is 13.6. The molecule has 0 radical (unpaired) electrons. The highest BCUT2D eigenvalue weighted by Crippen LogP contribution is 2.34. The third kappa shape index (κ3) is 4.24. The van der Waals surface area contributed by atoms with Crippen molar-refractivity contribution in [2.45, 2.75) is 32.7 Å².